The van der Waals surface area contributed by atoms with Crippen LogP contribution in [-0.2, 0) is 0 Å². The SMILES string of the molecule is CC(C)C(N)c1ncc(-c2ccccn2)[nH]1. The molecule has 2 aromatic rings. The Kier molecular flexibility index (Phi) is 3.01. The van der Waals surface area contributed by atoms with Crippen molar-refractivity contribution < 1.29 is 0 Å². The Balaban J connectivity index is 2.27. The Labute approximate surface area is 94.9 Å². The minimum atomic E-state index is -0.0579. The molecule has 0 aliphatic carbocycles. The van der Waals surface area contributed by atoms with Gasteiger partial charge in [-0.1, -0.05) is 19.9 Å². The van der Waals surface area contributed by atoms with E-state index in [0.29, 0.717) is 5.92 Å². The molecule has 0 aliphatic rings. The first kappa shape index (κ1) is 10.8. The Morgan fingerprint density at radius 1 is 1.25 bits per heavy atom. The van der Waals surface area contributed by atoms with E-state index in [2.05, 4.69) is 28.8 Å². The van der Waals surface area contributed by atoms with Crippen LogP contribution in [0.3, 0.4) is 0 Å². The standard InChI is InChI=1S/C12H16N4/c1-8(2)11(13)12-15-7-10(16-12)9-5-3-4-6-14-9/h3-8,11H,13H2,1-2H3,(H,15,16). The molecule has 2 heterocycles. The quantitative estimate of drug-likeness (QED) is 0.825. The number of H-pyrrole nitrogens is 1. The molecule has 0 radical (unpaired) electrons. The summed E-state index contributed by atoms with van der Waals surface area (Å²) < 4.78 is 0. The van der Waals surface area contributed by atoms with Crippen LogP contribution in [0.15, 0.2) is 30.6 Å². The van der Waals surface area contributed by atoms with Gasteiger partial charge in [0.05, 0.1) is 23.6 Å². The average Bonchev–Trinajstić information content (AvgIpc) is 2.78. The second-order valence-electron chi connectivity index (χ2n) is 4.17. The summed E-state index contributed by atoms with van der Waals surface area (Å²) in [6.07, 6.45) is 3.54. The minimum Gasteiger partial charge on any atom is -0.339 e. The molecule has 1 unspecified atom stereocenters. The van der Waals surface area contributed by atoms with Gasteiger partial charge in [-0.05, 0) is 18.1 Å². The van der Waals surface area contributed by atoms with Crippen molar-refractivity contribution in [3.8, 4) is 11.4 Å². The molecule has 4 nitrogen and oxygen atoms in total. The molecule has 0 aromatic carbocycles. The third-order valence-electron chi connectivity index (χ3n) is 2.57. The van der Waals surface area contributed by atoms with Crippen LogP contribution in [-0.4, -0.2) is 15.0 Å². The number of pyridine rings is 1. The number of aromatic nitrogens is 3. The lowest BCUT2D eigenvalue weighted by molar-refractivity contribution is 0.494. The molecule has 16 heavy (non-hydrogen) atoms. The monoisotopic (exact) mass is 216 g/mol. The van der Waals surface area contributed by atoms with Crippen LogP contribution in [0.1, 0.15) is 25.7 Å². The molecule has 0 saturated carbocycles. The van der Waals surface area contributed by atoms with Crippen molar-refractivity contribution in [3.63, 3.8) is 0 Å². The fourth-order valence-corrected chi connectivity index (χ4v) is 1.47. The van der Waals surface area contributed by atoms with Gasteiger partial charge >= 0.3 is 0 Å². The lowest BCUT2D eigenvalue weighted by Crippen LogP contribution is -2.18. The van der Waals surface area contributed by atoms with Gasteiger partial charge in [0.2, 0.25) is 0 Å². The fraction of sp³-hybridized carbons (Fsp3) is 0.333. The number of aromatic amines is 1. The molecule has 2 rings (SSSR count). The summed E-state index contributed by atoms with van der Waals surface area (Å²) in [6.45, 7) is 4.15. The summed E-state index contributed by atoms with van der Waals surface area (Å²) in [5, 5.41) is 0. The fourth-order valence-electron chi connectivity index (χ4n) is 1.47. The number of nitrogens with one attached hydrogen (secondary N) is 1. The molecule has 84 valence electrons. The van der Waals surface area contributed by atoms with Crippen molar-refractivity contribution in [1.29, 1.82) is 0 Å². The summed E-state index contributed by atoms with van der Waals surface area (Å²) in [7, 11) is 0. The van der Waals surface area contributed by atoms with Gasteiger partial charge < -0.3 is 10.7 Å². The molecule has 1 atom stereocenters. The first-order valence-electron chi connectivity index (χ1n) is 5.40. The summed E-state index contributed by atoms with van der Waals surface area (Å²) in [5.41, 5.74) is 7.81. The van der Waals surface area contributed by atoms with E-state index < -0.39 is 0 Å². The molecule has 0 bridgehead atoms. The zero-order valence-corrected chi connectivity index (χ0v) is 9.51. The van der Waals surface area contributed by atoms with Gasteiger partial charge in [0, 0.05) is 6.20 Å². The highest BCUT2D eigenvalue weighted by Crippen LogP contribution is 2.19. The number of nitrogens with zero attached hydrogens (tertiary/aromatic N) is 2. The molecule has 2 aromatic heterocycles. The Morgan fingerprint density at radius 3 is 2.69 bits per heavy atom. The van der Waals surface area contributed by atoms with Crippen molar-refractivity contribution in [1.82, 2.24) is 15.0 Å². The Bertz CT molecular complexity index is 447. The lowest BCUT2D eigenvalue weighted by Gasteiger charge is -2.11. The van der Waals surface area contributed by atoms with E-state index in [0.717, 1.165) is 17.2 Å². The molecule has 0 aliphatic heterocycles. The van der Waals surface area contributed by atoms with Gasteiger partial charge in [-0.25, -0.2) is 4.98 Å². The predicted octanol–water partition coefficient (Wildman–Crippen LogP) is 2.13. The van der Waals surface area contributed by atoms with Crippen LogP contribution in [0.5, 0.6) is 0 Å². The predicted molar refractivity (Wildman–Crippen MR) is 63.6 cm³/mol. The largest absolute Gasteiger partial charge is 0.339 e. The molecule has 0 amide bonds. The van der Waals surface area contributed by atoms with Gasteiger partial charge in [0.1, 0.15) is 5.82 Å². The highest BCUT2D eigenvalue weighted by Gasteiger charge is 2.14. The van der Waals surface area contributed by atoms with Gasteiger partial charge in [-0.2, -0.15) is 0 Å². The van der Waals surface area contributed by atoms with Crippen LogP contribution >= 0.6 is 0 Å². The van der Waals surface area contributed by atoms with Crippen LogP contribution < -0.4 is 5.73 Å². The number of hydrogen-bond donors (Lipinski definition) is 2. The Morgan fingerprint density at radius 2 is 2.06 bits per heavy atom. The maximum atomic E-state index is 6.02. The maximum absolute atomic E-state index is 6.02. The zero-order chi connectivity index (χ0) is 11.5. The van der Waals surface area contributed by atoms with E-state index in [1.165, 1.54) is 0 Å². The van der Waals surface area contributed by atoms with E-state index in [4.69, 9.17) is 5.73 Å². The third kappa shape index (κ3) is 2.12. The number of imidazole rings is 1. The number of hydrogen-bond acceptors (Lipinski definition) is 3. The maximum Gasteiger partial charge on any atom is 0.123 e. The first-order chi connectivity index (χ1) is 7.68. The first-order valence-corrected chi connectivity index (χ1v) is 5.40. The van der Waals surface area contributed by atoms with Gasteiger partial charge in [0.25, 0.3) is 0 Å². The topological polar surface area (TPSA) is 67.6 Å². The van der Waals surface area contributed by atoms with Crippen LogP contribution in [0.25, 0.3) is 11.4 Å². The normalized spacial score (nSPS) is 13.0. The molecule has 0 saturated heterocycles. The Hall–Kier alpha value is -1.68. The van der Waals surface area contributed by atoms with E-state index in [1.54, 1.807) is 12.4 Å². The van der Waals surface area contributed by atoms with E-state index >= 15 is 0 Å². The smallest absolute Gasteiger partial charge is 0.123 e. The molecule has 4 heteroatoms. The van der Waals surface area contributed by atoms with Gasteiger partial charge in [-0.15, -0.1) is 0 Å². The van der Waals surface area contributed by atoms with E-state index in [1.807, 2.05) is 18.2 Å². The average molecular weight is 216 g/mol. The van der Waals surface area contributed by atoms with Crippen molar-refractivity contribution in [2.45, 2.75) is 19.9 Å². The summed E-state index contributed by atoms with van der Waals surface area (Å²) in [5.74, 6) is 1.18. The van der Waals surface area contributed by atoms with Crippen molar-refractivity contribution in [2.75, 3.05) is 0 Å². The summed E-state index contributed by atoms with van der Waals surface area (Å²) >= 11 is 0. The van der Waals surface area contributed by atoms with Crippen LogP contribution in [0, 0.1) is 5.92 Å². The van der Waals surface area contributed by atoms with Gasteiger partial charge in [0.15, 0.2) is 0 Å². The highest BCUT2D eigenvalue weighted by molar-refractivity contribution is 5.52. The summed E-state index contributed by atoms with van der Waals surface area (Å²) in [6, 6.07) is 5.72. The number of rotatable bonds is 3. The summed E-state index contributed by atoms with van der Waals surface area (Å²) in [4.78, 5) is 11.8. The lowest BCUT2D eigenvalue weighted by atomic mass is 10.1. The minimum absolute atomic E-state index is 0.0579. The van der Waals surface area contributed by atoms with Gasteiger partial charge in [-0.3, -0.25) is 4.98 Å². The highest BCUT2D eigenvalue weighted by atomic mass is 15.0. The van der Waals surface area contributed by atoms with E-state index in [9.17, 15) is 0 Å². The van der Waals surface area contributed by atoms with Crippen molar-refractivity contribution >= 4 is 0 Å². The second kappa shape index (κ2) is 4.45. The number of nitrogens with two attached hydrogens (primary N) is 1. The van der Waals surface area contributed by atoms with Crippen LogP contribution in [0.4, 0.5) is 0 Å². The zero-order valence-electron chi connectivity index (χ0n) is 9.51. The van der Waals surface area contributed by atoms with E-state index in [-0.39, 0.29) is 6.04 Å². The molecule has 3 N–H and O–H groups in total. The molecule has 0 spiro atoms. The molecule has 0 fully saturated rings. The molecular weight excluding hydrogens is 200 g/mol. The van der Waals surface area contributed by atoms with Crippen LogP contribution in [0.2, 0.25) is 0 Å². The van der Waals surface area contributed by atoms with Crippen molar-refractivity contribution in [3.05, 3.63) is 36.4 Å². The second-order valence-corrected chi connectivity index (χ2v) is 4.17. The third-order valence-corrected chi connectivity index (χ3v) is 2.57. The van der Waals surface area contributed by atoms with Crippen molar-refractivity contribution in [2.24, 2.45) is 11.7 Å². The molecular formula is C12H16N4.